The highest BCUT2D eigenvalue weighted by molar-refractivity contribution is 9.11. The summed E-state index contributed by atoms with van der Waals surface area (Å²) in [5.41, 5.74) is 1.28. The average molecular weight is 379 g/mol. The Balaban J connectivity index is 1.69. The second-order valence-corrected chi connectivity index (χ2v) is 7.95. The molecule has 3 rings (SSSR count). The molecule has 3 nitrogen and oxygen atoms in total. The summed E-state index contributed by atoms with van der Waals surface area (Å²) < 4.78 is 0.983. The Morgan fingerprint density at radius 3 is 2.55 bits per heavy atom. The van der Waals surface area contributed by atoms with Crippen molar-refractivity contribution in [3.63, 3.8) is 0 Å². The third-order valence-corrected chi connectivity index (χ3v) is 5.64. The molecule has 1 amide bonds. The van der Waals surface area contributed by atoms with Crippen LogP contribution in [0.3, 0.4) is 0 Å². The highest BCUT2D eigenvalue weighted by atomic mass is 79.9. The van der Waals surface area contributed by atoms with Gasteiger partial charge in [-0.2, -0.15) is 0 Å². The molecule has 22 heavy (non-hydrogen) atoms. The van der Waals surface area contributed by atoms with Gasteiger partial charge in [0.05, 0.1) is 14.7 Å². The number of amides is 1. The van der Waals surface area contributed by atoms with Crippen LogP contribution in [0.4, 0.5) is 0 Å². The van der Waals surface area contributed by atoms with E-state index < -0.39 is 0 Å². The minimum atomic E-state index is 0.0100. The smallest absolute Gasteiger partial charge is 0.261 e. The number of nitrogens with one attached hydrogen (secondary N) is 1. The number of carbonyl (C=O) groups is 1. The molecule has 2 heterocycles. The molecular formula is C17H19BrN2OS. The number of hydrogen-bond donors (Lipinski definition) is 1. The minimum absolute atomic E-state index is 0.0100. The molecule has 1 aliphatic rings. The Morgan fingerprint density at radius 2 is 1.91 bits per heavy atom. The third-order valence-electron chi connectivity index (χ3n) is 4.02. The van der Waals surface area contributed by atoms with E-state index in [-0.39, 0.29) is 11.9 Å². The fraction of sp³-hybridized carbons (Fsp3) is 0.353. The van der Waals surface area contributed by atoms with E-state index in [4.69, 9.17) is 0 Å². The molecule has 1 fully saturated rings. The van der Waals surface area contributed by atoms with Crippen LogP contribution in [0.1, 0.15) is 34.1 Å². The Kier molecular flexibility index (Phi) is 5.28. The van der Waals surface area contributed by atoms with E-state index in [0.717, 1.165) is 21.8 Å². The average Bonchev–Trinajstić information content (AvgIpc) is 3.20. The summed E-state index contributed by atoms with van der Waals surface area (Å²) in [7, 11) is 0. The quantitative estimate of drug-likeness (QED) is 0.849. The van der Waals surface area contributed by atoms with Crippen molar-refractivity contribution in [3.8, 4) is 0 Å². The predicted molar refractivity (Wildman–Crippen MR) is 94.3 cm³/mol. The molecule has 0 bridgehead atoms. The predicted octanol–water partition coefficient (Wildman–Crippen LogP) is 4.08. The highest BCUT2D eigenvalue weighted by Gasteiger charge is 2.24. The van der Waals surface area contributed by atoms with Gasteiger partial charge in [-0.15, -0.1) is 11.3 Å². The maximum atomic E-state index is 12.3. The standard InChI is InChI=1S/C17H19BrN2OS/c18-16-9-8-15(22-16)17(21)19-12-14(20-10-4-5-11-20)13-6-2-1-3-7-13/h1-3,6-9,14H,4-5,10-12H2,(H,19,21)/t14-/m0/s1. The maximum absolute atomic E-state index is 12.3. The van der Waals surface area contributed by atoms with Crippen LogP contribution in [0.25, 0.3) is 0 Å². The summed E-state index contributed by atoms with van der Waals surface area (Å²) in [6.45, 7) is 2.87. The van der Waals surface area contributed by atoms with Gasteiger partial charge in [-0.25, -0.2) is 0 Å². The Morgan fingerprint density at radius 1 is 1.18 bits per heavy atom. The molecule has 0 spiro atoms. The van der Waals surface area contributed by atoms with Crippen molar-refractivity contribution in [1.29, 1.82) is 0 Å². The number of thiophene rings is 1. The molecule has 1 aromatic heterocycles. The molecule has 2 aromatic rings. The number of nitrogens with zero attached hydrogens (tertiary/aromatic N) is 1. The van der Waals surface area contributed by atoms with E-state index in [1.807, 2.05) is 18.2 Å². The van der Waals surface area contributed by atoms with Crippen molar-refractivity contribution in [2.75, 3.05) is 19.6 Å². The Labute approximate surface area is 143 Å². The zero-order chi connectivity index (χ0) is 15.4. The second-order valence-electron chi connectivity index (χ2n) is 5.48. The van der Waals surface area contributed by atoms with Crippen LogP contribution in [0.5, 0.6) is 0 Å². The molecule has 0 saturated carbocycles. The van der Waals surface area contributed by atoms with E-state index in [2.05, 4.69) is 50.4 Å². The second kappa shape index (κ2) is 7.40. The van der Waals surface area contributed by atoms with Gasteiger partial charge in [0.15, 0.2) is 0 Å². The van der Waals surface area contributed by atoms with Gasteiger partial charge in [-0.1, -0.05) is 30.3 Å². The zero-order valence-corrected chi connectivity index (χ0v) is 14.7. The summed E-state index contributed by atoms with van der Waals surface area (Å²) >= 11 is 4.87. The fourth-order valence-electron chi connectivity index (χ4n) is 2.90. The van der Waals surface area contributed by atoms with Crippen LogP contribution in [0.2, 0.25) is 0 Å². The van der Waals surface area contributed by atoms with E-state index in [9.17, 15) is 4.79 Å². The first kappa shape index (κ1) is 15.7. The molecule has 0 unspecified atom stereocenters. The van der Waals surface area contributed by atoms with Crippen molar-refractivity contribution in [2.45, 2.75) is 18.9 Å². The van der Waals surface area contributed by atoms with Crippen LogP contribution in [-0.2, 0) is 0 Å². The maximum Gasteiger partial charge on any atom is 0.261 e. The molecule has 1 aromatic carbocycles. The van der Waals surface area contributed by atoms with Crippen molar-refractivity contribution in [1.82, 2.24) is 10.2 Å². The molecule has 1 N–H and O–H groups in total. The number of carbonyl (C=O) groups excluding carboxylic acids is 1. The van der Waals surface area contributed by atoms with Crippen LogP contribution in [0.15, 0.2) is 46.3 Å². The van der Waals surface area contributed by atoms with Crippen molar-refractivity contribution >= 4 is 33.2 Å². The van der Waals surface area contributed by atoms with Crippen molar-refractivity contribution in [2.24, 2.45) is 0 Å². The van der Waals surface area contributed by atoms with Gasteiger partial charge in [0.25, 0.3) is 5.91 Å². The zero-order valence-electron chi connectivity index (χ0n) is 12.3. The van der Waals surface area contributed by atoms with Gasteiger partial charge in [0.1, 0.15) is 0 Å². The van der Waals surface area contributed by atoms with Gasteiger partial charge >= 0.3 is 0 Å². The summed E-state index contributed by atoms with van der Waals surface area (Å²) in [4.78, 5) is 15.5. The monoisotopic (exact) mass is 378 g/mol. The Hall–Kier alpha value is -1.17. The number of likely N-dealkylation sites (tertiary alicyclic amines) is 1. The fourth-order valence-corrected chi connectivity index (χ4v) is 4.20. The van der Waals surface area contributed by atoms with Crippen LogP contribution in [-0.4, -0.2) is 30.4 Å². The molecule has 1 atom stereocenters. The number of benzene rings is 1. The first-order valence-corrected chi connectivity index (χ1v) is 9.17. The van der Waals surface area contributed by atoms with Crippen molar-refractivity contribution < 1.29 is 4.79 Å². The first-order chi connectivity index (χ1) is 10.7. The number of halogens is 1. The number of hydrogen-bond acceptors (Lipinski definition) is 3. The normalized spacial score (nSPS) is 16.6. The van der Waals surface area contributed by atoms with Gasteiger partial charge in [-0.3, -0.25) is 9.69 Å². The van der Waals surface area contributed by atoms with Gasteiger partial charge in [-0.05, 0) is 59.6 Å². The van der Waals surface area contributed by atoms with Crippen LogP contribution >= 0.6 is 27.3 Å². The van der Waals surface area contributed by atoms with Gasteiger partial charge in [0, 0.05) is 6.54 Å². The SMILES string of the molecule is O=C(NC[C@@H](c1ccccc1)N1CCCC1)c1ccc(Br)s1. The molecular weight excluding hydrogens is 360 g/mol. The summed E-state index contributed by atoms with van der Waals surface area (Å²) in [5, 5.41) is 3.10. The van der Waals surface area contributed by atoms with Gasteiger partial charge < -0.3 is 5.32 Å². The highest BCUT2D eigenvalue weighted by Crippen LogP contribution is 2.25. The lowest BCUT2D eigenvalue weighted by molar-refractivity contribution is 0.0942. The molecule has 116 valence electrons. The van der Waals surface area contributed by atoms with E-state index in [1.165, 1.54) is 29.7 Å². The summed E-state index contributed by atoms with van der Waals surface area (Å²) in [6, 6.07) is 14.5. The summed E-state index contributed by atoms with van der Waals surface area (Å²) in [6.07, 6.45) is 2.49. The lowest BCUT2D eigenvalue weighted by Crippen LogP contribution is -2.36. The molecule has 0 radical (unpaired) electrons. The Bertz CT molecular complexity index is 623. The van der Waals surface area contributed by atoms with Gasteiger partial charge in [0.2, 0.25) is 0 Å². The van der Waals surface area contributed by atoms with E-state index in [0.29, 0.717) is 6.54 Å². The minimum Gasteiger partial charge on any atom is -0.349 e. The number of rotatable bonds is 5. The molecule has 1 saturated heterocycles. The molecule has 0 aliphatic carbocycles. The first-order valence-electron chi connectivity index (χ1n) is 7.56. The topological polar surface area (TPSA) is 32.3 Å². The molecule has 5 heteroatoms. The lowest BCUT2D eigenvalue weighted by atomic mass is 10.1. The van der Waals surface area contributed by atoms with Crippen LogP contribution < -0.4 is 5.32 Å². The van der Waals surface area contributed by atoms with Crippen molar-refractivity contribution in [3.05, 3.63) is 56.7 Å². The molecule has 1 aliphatic heterocycles. The third kappa shape index (κ3) is 3.77. The van der Waals surface area contributed by atoms with Crippen LogP contribution in [0, 0.1) is 0 Å². The summed E-state index contributed by atoms with van der Waals surface area (Å²) in [5.74, 6) is 0.0100. The lowest BCUT2D eigenvalue weighted by Gasteiger charge is -2.28. The van der Waals surface area contributed by atoms with E-state index in [1.54, 1.807) is 0 Å². The van der Waals surface area contributed by atoms with E-state index >= 15 is 0 Å². The largest absolute Gasteiger partial charge is 0.349 e.